The molecule has 8 nitrogen and oxygen atoms in total. The third kappa shape index (κ3) is 5.34. The average Bonchev–Trinajstić information content (AvgIpc) is 3.12. The predicted molar refractivity (Wildman–Crippen MR) is 123 cm³/mol. The van der Waals surface area contributed by atoms with E-state index in [4.69, 9.17) is 14.6 Å². The van der Waals surface area contributed by atoms with Crippen molar-refractivity contribution < 1.29 is 29.0 Å². The number of carbonyl (C=O) groups excluding carboxylic acids is 2. The van der Waals surface area contributed by atoms with Crippen LogP contribution in [0.1, 0.15) is 37.8 Å². The fourth-order valence-corrected chi connectivity index (χ4v) is 4.12. The van der Waals surface area contributed by atoms with Gasteiger partial charge in [-0.2, -0.15) is 0 Å². The summed E-state index contributed by atoms with van der Waals surface area (Å²) in [4.78, 5) is 38.2. The predicted octanol–water partition coefficient (Wildman–Crippen LogP) is 3.25. The van der Waals surface area contributed by atoms with Crippen molar-refractivity contribution in [3.05, 3.63) is 59.7 Å². The van der Waals surface area contributed by atoms with Gasteiger partial charge in [0, 0.05) is 19.1 Å². The Labute approximate surface area is 193 Å². The van der Waals surface area contributed by atoms with Crippen LogP contribution in [0, 0.1) is 0 Å². The zero-order valence-electron chi connectivity index (χ0n) is 19.3. The van der Waals surface area contributed by atoms with Crippen molar-refractivity contribution in [2.24, 2.45) is 0 Å². The van der Waals surface area contributed by atoms with E-state index in [-0.39, 0.29) is 18.6 Å². The Morgan fingerprint density at radius 2 is 1.55 bits per heavy atom. The highest BCUT2D eigenvalue weighted by Gasteiger charge is 2.34. The highest BCUT2D eigenvalue weighted by molar-refractivity contribution is 5.89. The minimum absolute atomic E-state index is 0.102. The first-order chi connectivity index (χ1) is 15.7. The Hall–Kier alpha value is -3.39. The topological polar surface area (TPSA) is 105 Å². The molecule has 2 aromatic rings. The Kier molecular flexibility index (Phi) is 7.71. The van der Waals surface area contributed by atoms with Gasteiger partial charge in [0.05, 0.1) is 6.10 Å². The van der Waals surface area contributed by atoms with E-state index in [9.17, 15) is 14.4 Å². The molecule has 8 heteroatoms. The Bertz CT molecular complexity index is 976. The van der Waals surface area contributed by atoms with Crippen LogP contribution in [0.3, 0.4) is 0 Å². The second-order valence-corrected chi connectivity index (χ2v) is 8.34. The average molecular weight is 455 g/mol. The molecule has 0 radical (unpaired) electrons. The zero-order valence-corrected chi connectivity index (χ0v) is 19.3. The van der Waals surface area contributed by atoms with Gasteiger partial charge >= 0.3 is 12.1 Å². The van der Waals surface area contributed by atoms with Crippen molar-refractivity contribution in [2.75, 3.05) is 20.3 Å². The molecule has 2 atom stereocenters. The number of hydrogen-bond donors (Lipinski definition) is 2. The normalized spacial score (nSPS) is 14.2. The molecule has 2 amide bonds. The van der Waals surface area contributed by atoms with Crippen LogP contribution in [0.5, 0.6) is 0 Å². The number of hydrogen-bond acceptors (Lipinski definition) is 5. The third-order valence-corrected chi connectivity index (χ3v) is 5.94. The van der Waals surface area contributed by atoms with Crippen molar-refractivity contribution in [3.63, 3.8) is 0 Å². The van der Waals surface area contributed by atoms with Crippen LogP contribution in [0.25, 0.3) is 11.1 Å². The summed E-state index contributed by atoms with van der Waals surface area (Å²) in [5.74, 6) is -1.80. The summed E-state index contributed by atoms with van der Waals surface area (Å²) in [7, 11) is 1.42. The number of methoxy groups -OCH3 is 1. The summed E-state index contributed by atoms with van der Waals surface area (Å²) in [6.45, 7) is 4.68. The van der Waals surface area contributed by atoms with Gasteiger partial charge in [0.2, 0.25) is 5.91 Å². The van der Waals surface area contributed by atoms with Crippen LogP contribution in [0.2, 0.25) is 0 Å². The molecule has 0 heterocycles. The summed E-state index contributed by atoms with van der Waals surface area (Å²) in [5, 5.41) is 11.7. The molecule has 0 aromatic heterocycles. The highest BCUT2D eigenvalue weighted by Crippen LogP contribution is 2.44. The van der Waals surface area contributed by atoms with E-state index < -0.39 is 36.7 Å². The Morgan fingerprint density at radius 3 is 2.03 bits per heavy atom. The molecule has 0 saturated carbocycles. The fourth-order valence-electron chi connectivity index (χ4n) is 4.12. The van der Waals surface area contributed by atoms with Crippen molar-refractivity contribution in [2.45, 2.75) is 44.9 Å². The van der Waals surface area contributed by atoms with Crippen LogP contribution in [0.15, 0.2) is 48.5 Å². The number of rotatable bonds is 9. The summed E-state index contributed by atoms with van der Waals surface area (Å²) in [6, 6.07) is 14.5. The van der Waals surface area contributed by atoms with Gasteiger partial charge in [0.25, 0.3) is 0 Å². The molecule has 0 fully saturated rings. The first kappa shape index (κ1) is 24.3. The highest BCUT2D eigenvalue weighted by atomic mass is 16.5. The zero-order chi connectivity index (χ0) is 24.1. The van der Waals surface area contributed by atoms with Gasteiger partial charge < -0.3 is 24.8 Å². The lowest BCUT2D eigenvalue weighted by molar-refractivity contribution is -0.148. The summed E-state index contributed by atoms with van der Waals surface area (Å²) in [6.07, 6.45) is -1.45. The Balaban J connectivity index is 1.73. The quantitative estimate of drug-likeness (QED) is 0.603. The van der Waals surface area contributed by atoms with Gasteiger partial charge in [-0.3, -0.25) is 9.59 Å². The van der Waals surface area contributed by atoms with Crippen LogP contribution in [-0.2, 0) is 19.1 Å². The second kappa shape index (κ2) is 10.5. The number of aliphatic carboxylic acids is 1. The molecule has 0 saturated heterocycles. The van der Waals surface area contributed by atoms with Gasteiger partial charge in [-0.25, -0.2) is 4.79 Å². The lowest BCUT2D eigenvalue weighted by Gasteiger charge is -2.31. The maximum Gasteiger partial charge on any atom is 0.407 e. The van der Waals surface area contributed by atoms with Gasteiger partial charge in [-0.05, 0) is 43.0 Å². The van der Waals surface area contributed by atoms with E-state index in [1.54, 1.807) is 20.8 Å². The smallest absolute Gasteiger partial charge is 0.407 e. The number of benzene rings is 2. The number of fused-ring (bicyclic) bond motifs is 3. The van der Waals surface area contributed by atoms with Crippen molar-refractivity contribution in [1.29, 1.82) is 0 Å². The van der Waals surface area contributed by atoms with Crippen LogP contribution in [-0.4, -0.2) is 66.4 Å². The monoisotopic (exact) mass is 454 g/mol. The first-order valence-corrected chi connectivity index (χ1v) is 10.9. The molecule has 33 heavy (non-hydrogen) atoms. The summed E-state index contributed by atoms with van der Waals surface area (Å²) in [5.41, 5.74) is 4.39. The van der Waals surface area contributed by atoms with Crippen LogP contribution < -0.4 is 5.32 Å². The summed E-state index contributed by atoms with van der Waals surface area (Å²) < 4.78 is 10.8. The largest absolute Gasteiger partial charge is 0.480 e. The molecule has 3 rings (SSSR count). The molecule has 1 aliphatic rings. The molecule has 176 valence electrons. The number of carboxylic acids is 1. The number of ether oxygens (including phenoxy) is 2. The van der Waals surface area contributed by atoms with Crippen molar-refractivity contribution in [1.82, 2.24) is 10.2 Å². The number of carbonyl (C=O) groups is 3. The molecular weight excluding hydrogens is 424 g/mol. The van der Waals surface area contributed by atoms with Gasteiger partial charge in [0.15, 0.2) is 0 Å². The number of amides is 2. The van der Waals surface area contributed by atoms with E-state index in [1.807, 2.05) is 48.5 Å². The number of nitrogens with zero attached hydrogens (tertiary/aromatic N) is 1. The fraction of sp³-hybridized carbons (Fsp3) is 0.400. The van der Waals surface area contributed by atoms with E-state index in [0.717, 1.165) is 22.3 Å². The number of carboxylic acid groups (broad SMARTS) is 1. The van der Waals surface area contributed by atoms with Crippen LogP contribution >= 0.6 is 0 Å². The van der Waals surface area contributed by atoms with Gasteiger partial charge in [-0.1, -0.05) is 48.5 Å². The molecule has 2 N–H and O–H groups in total. The van der Waals surface area contributed by atoms with Gasteiger partial charge in [-0.15, -0.1) is 0 Å². The minimum Gasteiger partial charge on any atom is -0.480 e. The molecule has 1 aliphatic carbocycles. The number of alkyl carbamates (subject to hydrolysis) is 1. The van der Waals surface area contributed by atoms with Crippen molar-refractivity contribution in [3.8, 4) is 11.1 Å². The molecule has 0 spiro atoms. The second-order valence-electron chi connectivity index (χ2n) is 8.34. The van der Waals surface area contributed by atoms with E-state index in [0.29, 0.717) is 0 Å². The standard InChI is InChI=1S/C25H30N2O6/c1-15(2)27(13-22(28)29)24(30)23(16(3)32-4)26-25(31)33-14-21-19-11-7-5-9-17(19)18-10-6-8-12-20(18)21/h5-12,15-16,21,23H,13-14H2,1-4H3,(H,26,31)(H,28,29). The molecule has 0 aliphatic heterocycles. The maximum atomic E-state index is 13.1. The molecule has 0 bridgehead atoms. The maximum absolute atomic E-state index is 13.1. The molecule has 2 aromatic carbocycles. The Morgan fingerprint density at radius 1 is 1.00 bits per heavy atom. The lowest BCUT2D eigenvalue weighted by atomic mass is 9.98. The van der Waals surface area contributed by atoms with Gasteiger partial charge in [0.1, 0.15) is 19.2 Å². The molecular formula is C25H30N2O6. The van der Waals surface area contributed by atoms with E-state index >= 15 is 0 Å². The minimum atomic E-state index is -1.14. The SMILES string of the molecule is COC(C)C(NC(=O)OCC1c2ccccc2-c2ccccc21)C(=O)N(CC(=O)O)C(C)C. The van der Waals surface area contributed by atoms with E-state index in [2.05, 4.69) is 5.32 Å². The third-order valence-electron chi connectivity index (χ3n) is 5.94. The lowest BCUT2D eigenvalue weighted by Crippen LogP contribution is -2.56. The van der Waals surface area contributed by atoms with Crippen LogP contribution in [0.4, 0.5) is 4.79 Å². The number of nitrogens with one attached hydrogen (secondary N) is 1. The van der Waals surface area contributed by atoms with Crippen molar-refractivity contribution >= 4 is 18.0 Å². The summed E-state index contributed by atoms with van der Waals surface area (Å²) >= 11 is 0. The first-order valence-electron chi connectivity index (χ1n) is 10.9. The molecule has 2 unspecified atom stereocenters. The van der Waals surface area contributed by atoms with E-state index in [1.165, 1.54) is 12.0 Å².